The van der Waals surface area contributed by atoms with Gasteiger partial charge in [-0.1, -0.05) is 0 Å². The van der Waals surface area contributed by atoms with E-state index in [2.05, 4.69) is 16.4 Å². The largest absolute Gasteiger partial charge is 0.401 e. The summed E-state index contributed by atoms with van der Waals surface area (Å²) in [7, 11) is 0. The van der Waals surface area contributed by atoms with Crippen LogP contribution in [0, 0.1) is 0 Å². The van der Waals surface area contributed by atoms with Crippen molar-refractivity contribution in [2.45, 2.75) is 19.9 Å². The molecule has 5 heteroatoms. The van der Waals surface area contributed by atoms with Crippen molar-refractivity contribution >= 4 is 16.9 Å². The molecular weight excluding hydrogens is 208 g/mol. The number of aromatic amines is 1. The summed E-state index contributed by atoms with van der Waals surface area (Å²) in [4.78, 5) is 4.32. The van der Waals surface area contributed by atoms with Crippen LogP contribution in [0.15, 0.2) is 11.8 Å². The van der Waals surface area contributed by atoms with E-state index in [0.29, 0.717) is 0 Å². The Bertz CT molecular complexity index is 367. The van der Waals surface area contributed by atoms with Crippen LogP contribution >= 0.6 is 11.9 Å². The average Bonchev–Trinajstić information content (AvgIpc) is 2.61. The Hall–Kier alpha value is -0.910. The number of H-pyrrole nitrogens is 1. The van der Waals surface area contributed by atoms with Gasteiger partial charge in [-0.05, 0) is 30.5 Å². The lowest BCUT2D eigenvalue weighted by molar-refractivity contribution is 0.638. The predicted octanol–water partition coefficient (Wildman–Crippen LogP) is 0.915. The quantitative estimate of drug-likeness (QED) is 0.563. The maximum Gasteiger partial charge on any atom is 0.0645 e. The fourth-order valence-electron chi connectivity index (χ4n) is 1.85. The lowest BCUT2D eigenvalue weighted by Gasteiger charge is -2.11. The molecular formula is C10H16N4S. The molecule has 1 aromatic heterocycles. The molecule has 0 saturated heterocycles. The molecule has 0 bridgehead atoms. The third kappa shape index (κ3) is 2.04. The molecule has 2 heterocycles. The number of rotatable bonds is 2. The second kappa shape index (κ2) is 4.30. The summed E-state index contributed by atoms with van der Waals surface area (Å²) >= 11 is 1.20. The standard InChI is InChI=1S/C10H16N4S/c1-6(11)10(15-12)9-4-7-5-13-3-2-8(7)14-9/h4,13-14H,2-3,5,11-12H2,1H3/b10-6-. The second-order valence-corrected chi connectivity index (χ2v) is 4.39. The van der Waals surface area contributed by atoms with E-state index in [1.807, 2.05) is 6.92 Å². The Morgan fingerprint density at radius 1 is 1.53 bits per heavy atom. The first kappa shape index (κ1) is 10.6. The molecule has 0 atom stereocenters. The van der Waals surface area contributed by atoms with Crippen LogP contribution in [0.1, 0.15) is 23.9 Å². The van der Waals surface area contributed by atoms with Gasteiger partial charge in [-0.2, -0.15) is 0 Å². The van der Waals surface area contributed by atoms with Gasteiger partial charge in [-0.3, -0.25) is 5.14 Å². The Morgan fingerprint density at radius 3 is 2.93 bits per heavy atom. The molecule has 2 rings (SSSR count). The first-order valence-corrected chi connectivity index (χ1v) is 5.85. The van der Waals surface area contributed by atoms with Gasteiger partial charge in [0.15, 0.2) is 0 Å². The minimum Gasteiger partial charge on any atom is -0.401 e. The van der Waals surface area contributed by atoms with Crippen molar-refractivity contribution in [1.82, 2.24) is 10.3 Å². The van der Waals surface area contributed by atoms with Gasteiger partial charge < -0.3 is 16.0 Å². The summed E-state index contributed by atoms with van der Waals surface area (Å²) in [6.45, 7) is 3.83. The van der Waals surface area contributed by atoms with Gasteiger partial charge in [-0.25, -0.2) is 0 Å². The highest BCUT2D eigenvalue weighted by molar-refractivity contribution is 8.06. The van der Waals surface area contributed by atoms with Gasteiger partial charge >= 0.3 is 0 Å². The fraction of sp³-hybridized carbons (Fsp3) is 0.400. The van der Waals surface area contributed by atoms with E-state index in [4.69, 9.17) is 10.9 Å². The second-order valence-electron chi connectivity index (χ2n) is 3.74. The maximum atomic E-state index is 5.78. The smallest absolute Gasteiger partial charge is 0.0645 e. The molecule has 0 aliphatic carbocycles. The molecule has 1 aromatic rings. The van der Waals surface area contributed by atoms with Gasteiger partial charge in [0.05, 0.1) is 10.6 Å². The van der Waals surface area contributed by atoms with Crippen LogP contribution in [0.5, 0.6) is 0 Å². The van der Waals surface area contributed by atoms with Crippen molar-refractivity contribution < 1.29 is 0 Å². The van der Waals surface area contributed by atoms with E-state index >= 15 is 0 Å². The topological polar surface area (TPSA) is 79.9 Å². The minimum atomic E-state index is 0.758. The van der Waals surface area contributed by atoms with Gasteiger partial charge in [0.1, 0.15) is 0 Å². The number of nitrogens with one attached hydrogen (secondary N) is 2. The molecule has 0 spiro atoms. The van der Waals surface area contributed by atoms with Crippen molar-refractivity contribution in [2.24, 2.45) is 10.9 Å². The van der Waals surface area contributed by atoms with Crippen LogP contribution in [0.25, 0.3) is 4.91 Å². The molecule has 0 radical (unpaired) electrons. The van der Waals surface area contributed by atoms with Crippen molar-refractivity contribution in [3.63, 3.8) is 0 Å². The zero-order valence-electron chi connectivity index (χ0n) is 8.76. The van der Waals surface area contributed by atoms with Crippen LogP contribution in [0.2, 0.25) is 0 Å². The van der Waals surface area contributed by atoms with E-state index in [1.54, 1.807) is 0 Å². The summed E-state index contributed by atoms with van der Waals surface area (Å²) in [5, 5.41) is 8.94. The SMILES string of the molecule is C/C(N)=C(/SN)c1cc2c([nH]1)CCNC2. The van der Waals surface area contributed by atoms with Crippen molar-refractivity contribution in [2.75, 3.05) is 6.54 Å². The highest BCUT2D eigenvalue weighted by Crippen LogP contribution is 2.27. The number of hydrogen-bond acceptors (Lipinski definition) is 4. The zero-order chi connectivity index (χ0) is 10.8. The molecule has 0 unspecified atom stereocenters. The van der Waals surface area contributed by atoms with E-state index in [-0.39, 0.29) is 0 Å². The third-order valence-electron chi connectivity index (χ3n) is 2.58. The van der Waals surface area contributed by atoms with E-state index in [9.17, 15) is 0 Å². The molecule has 4 nitrogen and oxygen atoms in total. The Morgan fingerprint density at radius 2 is 2.33 bits per heavy atom. The zero-order valence-corrected chi connectivity index (χ0v) is 9.58. The molecule has 15 heavy (non-hydrogen) atoms. The number of fused-ring (bicyclic) bond motifs is 1. The van der Waals surface area contributed by atoms with Crippen molar-refractivity contribution in [3.05, 3.63) is 28.7 Å². The van der Waals surface area contributed by atoms with Crippen LogP contribution < -0.4 is 16.2 Å². The first-order valence-electron chi connectivity index (χ1n) is 4.97. The van der Waals surface area contributed by atoms with Gasteiger partial charge in [-0.15, -0.1) is 0 Å². The molecule has 0 fully saturated rings. The summed E-state index contributed by atoms with van der Waals surface area (Å²) in [6.07, 6.45) is 1.04. The lowest BCUT2D eigenvalue weighted by atomic mass is 10.1. The molecule has 1 aliphatic heterocycles. The van der Waals surface area contributed by atoms with Crippen LogP contribution in [0.3, 0.4) is 0 Å². The monoisotopic (exact) mass is 224 g/mol. The Labute approximate surface area is 93.6 Å². The van der Waals surface area contributed by atoms with Gasteiger partial charge in [0.2, 0.25) is 0 Å². The Kier molecular flexibility index (Phi) is 3.04. The predicted molar refractivity (Wildman–Crippen MR) is 64.8 cm³/mol. The normalized spacial score (nSPS) is 17.2. The molecule has 0 saturated carbocycles. The van der Waals surface area contributed by atoms with Gasteiger partial charge in [0.25, 0.3) is 0 Å². The lowest BCUT2D eigenvalue weighted by Crippen LogP contribution is -2.22. The average molecular weight is 224 g/mol. The highest BCUT2D eigenvalue weighted by Gasteiger charge is 2.14. The maximum absolute atomic E-state index is 5.78. The summed E-state index contributed by atoms with van der Waals surface area (Å²) in [5.41, 5.74) is 10.2. The van der Waals surface area contributed by atoms with E-state index < -0.39 is 0 Å². The third-order valence-corrected chi connectivity index (χ3v) is 3.36. The molecule has 1 aliphatic rings. The number of hydrogen-bond donors (Lipinski definition) is 4. The fourth-order valence-corrected chi connectivity index (χ4v) is 2.27. The highest BCUT2D eigenvalue weighted by atomic mass is 32.2. The summed E-state index contributed by atoms with van der Waals surface area (Å²) in [5.74, 6) is 0. The van der Waals surface area contributed by atoms with Crippen LogP contribution in [0.4, 0.5) is 0 Å². The van der Waals surface area contributed by atoms with Crippen LogP contribution in [-0.4, -0.2) is 11.5 Å². The molecule has 0 amide bonds. The Balaban J connectivity index is 2.37. The van der Waals surface area contributed by atoms with Crippen molar-refractivity contribution in [3.8, 4) is 0 Å². The first-order chi connectivity index (χ1) is 7.22. The number of nitrogens with two attached hydrogens (primary N) is 2. The van der Waals surface area contributed by atoms with E-state index in [0.717, 1.165) is 35.8 Å². The minimum absolute atomic E-state index is 0.758. The number of aromatic nitrogens is 1. The molecule has 82 valence electrons. The summed E-state index contributed by atoms with van der Waals surface area (Å²) < 4.78 is 0. The van der Waals surface area contributed by atoms with Crippen molar-refractivity contribution in [1.29, 1.82) is 0 Å². The summed E-state index contributed by atoms with van der Waals surface area (Å²) in [6, 6.07) is 2.13. The molecule has 0 aromatic carbocycles. The molecule has 6 N–H and O–H groups in total. The van der Waals surface area contributed by atoms with Gasteiger partial charge in [0, 0.05) is 30.9 Å². The number of allylic oxidation sites excluding steroid dienone is 1. The van der Waals surface area contributed by atoms with E-state index in [1.165, 1.54) is 23.2 Å². The van der Waals surface area contributed by atoms with Crippen LogP contribution in [-0.2, 0) is 13.0 Å².